The highest BCUT2D eigenvalue weighted by molar-refractivity contribution is 14.0. The quantitative estimate of drug-likeness (QED) is 0.349. The highest BCUT2D eigenvalue weighted by Crippen LogP contribution is 2.35. The van der Waals surface area contributed by atoms with E-state index in [1.165, 1.54) is 11.3 Å². The van der Waals surface area contributed by atoms with Gasteiger partial charge in [-0.05, 0) is 42.7 Å². The van der Waals surface area contributed by atoms with Crippen molar-refractivity contribution in [2.45, 2.75) is 18.3 Å². The number of halogens is 1. The summed E-state index contributed by atoms with van der Waals surface area (Å²) in [5.41, 5.74) is 2.69. The fourth-order valence-corrected chi connectivity index (χ4v) is 4.67. The Labute approximate surface area is 209 Å². The number of nitrogens with one attached hydrogen (secondary N) is 1. The summed E-state index contributed by atoms with van der Waals surface area (Å²) in [5.74, 6) is 1.89. The number of nitrogens with zero attached hydrogens (tertiary/aromatic N) is 3. The molecule has 2 aromatic rings. The maximum atomic E-state index is 5.70. The molecule has 2 heterocycles. The largest absolute Gasteiger partial charge is 0.497 e. The smallest absolute Gasteiger partial charge is 0.193 e. The van der Waals surface area contributed by atoms with Crippen molar-refractivity contribution >= 4 is 35.6 Å². The first kappa shape index (κ1) is 24.6. The second-order valence-corrected chi connectivity index (χ2v) is 8.33. The van der Waals surface area contributed by atoms with Gasteiger partial charge < -0.3 is 24.6 Å². The van der Waals surface area contributed by atoms with Crippen molar-refractivity contribution in [2.24, 2.45) is 4.99 Å². The fourth-order valence-electron chi connectivity index (χ4n) is 4.67. The molecule has 0 amide bonds. The summed E-state index contributed by atoms with van der Waals surface area (Å²) in [5, 5.41) is 3.70. The van der Waals surface area contributed by atoms with Crippen LogP contribution in [0.4, 0.5) is 5.69 Å². The maximum absolute atomic E-state index is 5.70. The van der Waals surface area contributed by atoms with Crippen LogP contribution in [0.2, 0.25) is 0 Å². The molecule has 2 fully saturated rings. The Morgan fingerprint density at radius 1 is 1.00 bits per heavy atom. The third kappa shape index (κ3) is 5.67. The maximum Gasteiger partial charge on any atom is 0.193 e. The van der Waals surface area contributed by atoms with Gasteiger partial charge in [-0.25, -0.2) is 0 Å². The molecule has 2 aromatic carbocycles. The Morgan fingerprint density at radius 3 is 2.25 bits per heavy atom. The van der Waals surface area contributed by atoms with Crippen molar-refractivity contribution in [3.05, 3.63) is 60.2 Å². The van der Waals surface area contributed by atoms with Crippen molar-refractivity contribution in [1.82, 2.24) is 10.2 Å². The zero-order valence-corrected chi connectivity index (χ0v) is 21.5. The number of benzene rings is 2. The normalized spacial score (nSPS) is 18.6. The molecule has 2 aliphatic heterocycles. The number of anilines is 1. The Morgan fingerprint density at radius 2 is 1.66 bits per heavy atom. The van der Waals surface area contributed by atoms with E-state index >= 15 is 0 Å². The molecule has 0 spiro atoms. The summed E-state index contributed by atoms with van der Waals surface area (Å²) in [6.07, 6.45) is 2.01. The Hall–Kier alpha value is -2.00. The predicted molar refractivity (Wildman–Crippen MR) is 142 cm³/mol. The molecule has 0 unspecified atom stereocenters. The first-order valence-electron chi connectivity index (χ1n) is 11.2. The summed E-state index contributed by atoms with van der Waals surface area (Å²) >= 11 is 0. The highest BCUT2D eigenvalue weighted by atomic mass is 127. The first-order chi connectivity index (χ1) is 15.2. The molecule has 0 bridgehead atoms. The predicted octanol–water partition coefficient (Wildman–Crippen LogP) is 3.76. The van der Waals surface area contributed by atoms with Gasteiger partial charge in [0.2, 0.25) is 0 Å². The number of piperazine rings is 1. The number of hydrogen-bond acceptors (Lipinski definition) is 4. The average molecular weight is 550 g/mol. The number of guanidine groups is 1. The van der Waals surface area contributed by atoms with Gasteiger partial charge in [0.1, 0.15) is 5.75 Å². The molecule has 0 radical (unpaired) electrons. The lowest BCUT2D eigenvalue weighted by Gasteiger charge is -2.41. The second-order valence-electron chi connectivity index (χ2n) is 8.33. The van der Waals surface area contributed by atoms with Crippen LogP contribution in [0.15, 0.2) is 59.6 Å². The minimum atomic E-state index is 0. The van der Waals surface area contributed by atoms with Crippen LogP contribution in [0.1, 0.15) is 18.4 Å². The van der Waals surface area contributed by atoms with Gasteiger partial charge in [0.05, 0.1) is 7.11 Å². The minimum Gasteiger partial charge on any atom is -0.497 e. The van der Waals surface area contributed by atoms with Crippen LogP contribution in [0.25, 0.3) is 0 Å². The van der Waals surface area contributed by atoms with E-state index in [0.717, 1.165) is 70.5 Å². The van der Waals surface area contributed by atoms with Crippen LogP contribution >= 0.6 is 24.0 Å². The molecule has 32 heavy (non-hydrogen) atoms. The van der Waals surface area contributed by atoms with E-state index in [2.05, 4.69) is 74.7 Å². The van der Waals surface area contributed by atoms with Crippen LogP contribution in [0.5, 0.6) is 5.75 Å². The van der Waals surface area contributed by atoms with Crippen LogP contribution < -0.4 is 15.0 Å². The summed E-state index contributed by atoms with van der Waals surface area (Å²) in [4.78, 5) is 9.43. The van der Waals surface area contributed by atoms with Crippen molar-refractivity contribution in [3.8, 4) is 5.75 Å². The average Bonchev–Trinajstić information content (AvgIpc) is 2.86. The van der Waals surface area contributed by atoms with Gasteiger partial charge in [0, 0.05) is 64.1 Å². The lowest BCUT2D eigenvalue weighted by Crippen LogP contribution is -2.55. The van der Waals surface area contributed by atoms with E-state index < -0.39 is 0 Å². The van der Waals surface area contributed by atoms with Crippen LogP contribution in [0, 0.1) is 0 Å². The Bertz CT molecular complexity index is 846. The molecule has 0 aromatic heterocycles. The van der Waals surface area contributed by atoms with E-state index in [9.17, 15) is 0 Å². The van der Waals surface area contributed by atoms with Crippen molar-refractivity contribution in [2.75, 3.05) is 65.0 Å². The molecule has 0 aliphatic carbocycles. The molecular formula is C25H35IN4O2. The number of methoxy groups -OCH3 is 1. The zero-order valence-electron chi connectivity index (χ0n) is 19.1. The topological polar surface area (TPSA) is 49.3 Å². The molecule has 0 saturated carbocycles. The number of ether oxygens (including phenoxy) is 2. The number of para-hydroxylation sites is 1. The molecule has 6 nitrogen and oxygen atoms in total. The second kappa shape index (κ2) is 11.7. The molecule has 1 N–H and O–H groups in total. The first-order valence-corrected chi connectivity index (χ1v) is 11.2. The van der Waals surface area contributed by atoms with Crippen molar-refractivity contribution < 1.29 is 9.47 Å². The standard InChI is InChI=1S/C25H34N4O2.HI/c1-26-24(29-16-14-28(15-17-29)22-6-4-3-5-7-22)27-20-25(12-18-31-19-13-25)21-8-10-23(30-2)11-9-21;/h3-11H,12-20H2,1-2H3,(H,26,27);1H. The lowest BCUT2D eigenvalue weighted by molar-refractivity contribution is 0.0511. The number of rotatable bonds is 5. The zero-order chi connectivity index (χ0) is 21.5. The molecule has 7 heteroatoms. The number of aliphatic imine (C=N–C) groups is 1. The van der Waals surface area contributed by atoms with E-state index in [-0.39, 0.29) is 29.4 Å². The van der Waals surface area contributed by atoms with Gasteiger partial charge >= 0.3 is 0 Å². The molecule has 174 valence electrons. The fraction of sp³-hybridized carbons (Fsp3) is 0.480. The van der Waals surface area contributed by atoms with Gasteiger partial charge in [-0.3, -0.25) is 4.99 Å². The Kier molecular flexibility index (Phi) is 9.04. The van der Waals surface area contributed by atoms with E-state index in [1.807, 2.05) is 7.05 Å². The third-order valence-corrected chi connectivity index (χ3v) is 6.65. The Balaban J connectivity index is 0.00000289. The van der Waals surface area contributed by atoms with E-state index in [1.54, 1.807) is 7.11 Å². The SMILES string of the molecule is CN=C(NCC1(c2ccc(OC)cc2)CCOCC1)N1CCN(c2ccccc2)CC1.I. The summed E-state index contributed by atoms with van der Waals surface area (Å²) in [6.45, 7) is 6.38. The van der Waals surface area contributed by atoms with Gasteiger partial charge in [-0.2, -0.15) is 0 Å². The molecule has 2 saturated heterocycles. The monoisotopic (exact) mass is 550 g/mol. The van der Waals surface area contributed by atoms with Crippen molar-refractivity contribution in [1.29, 1.82) is 0 Å². The van der Waals surface area contributed by atoms with Crippen molar-refractivity contribution in [3.63, 3.8) is 0 Å². The van der Waals surface area contributed by atoms with Gasteiger partial charge in [0.25, 0.3) is 0 Å². The minimum absolute atomic E-state index is 0. The third-order valence-electron chi connectivity index (χ3n) is 6.65. The van der Waals surface area contributed by atoms with Gasteiger partial charge in [-0.15, -0.1) is 24.0 Å². The van der Waals surface area contributed by atoms with E-state index in [4.69, 9.17) is 9.47 Å². The van der Waals surface area contributed by atoms with Crippen LogP contribution in [-0.2, 0) is 10.2 Å². The summed E-state index contributed by atoms with van der Waals surface area (Å²) < 4.78 is 11.1. The number of hydrogen-bond donors (Lipinski definition) is 1. The lowest BCUT2D eigenvalue weighted by atomic mass is 9.74. The van der Waals surface area contributed by atoms with E-state index in [0.29, 0.717) is 0 Å². The molecule has 4 rings (SSSR count). The summed E-state index contributed by atoms with van der Waals surface area (Å²) in [6, 6.07) is 19.2. The van der Waals surface area contributed by atoms with Gasteiger partial charge in [0.15, 0.2) is 5.96 Å². The van der Waals surface area contributed by atoms with Crippen LogP contribution in [0.3, 0.4) is 0 Å². The molecule has 0 atom stereocenters. The van der Waals surface area contributed by atoms with Gasteiger partial charge in [-0.1, -0.05) is 30.3 Å². The van der Waals surface area contributed by atoms with Crippen LogP contribution in [-0.4, -0.2) is 71.0 Å². The molecule has 2 aliphatic rings. The molecular weight excluding hydrogens is 515 g/mol. The summed E-state index contributed by atoms with van der Waals surface area (Å²) in [7, 11) is 3.60. The highest BCUT2D eigenvalue weighted by Gasteiger charge is 2.35.